The number of carbonyl (C=O) groups is 2. The smallest absolute Gasteiger partial charge is 0.251 e. The lowest BCUT2D eigenvalue weighted by atomic mass is 9.94. The van der Waals surface area contributed by atoms with Crippen molar-refractivity contribution in [3.63, 3.8) is 0 Å². The third-order valence-corrected chi connectivity index (χ3v) is 6.79. The number of hydrogen-bond acceptors (Lipinski definition) is 3. The molecule has 1 N–H and O–H groups in total. The van der Waals surface area contributed by atoms with Gasteiger partial charge in [0.05, 0.1) is 11.5 Å². The third kappa shape index (κ3) is 4.72. The van der Waals surface area contributed by atoms with Crippen molar-refractivity contribution in [3.8, 4) is 0 Å². The van der Waals surface area contributed by atoms with Crippen LogP contribution in [0.4, 0.5) is 5.69 Å². The molecule has 1 aliphatic carbocycles. The van der Waals surface area contributed by atoms with Crippen LogP contribution in [0, 0.1) is 5.92 Å². The molecule has 164 valence electrons. The first-order valence-electron chi connectivity index (χ1n) is 11.0. The average Bonchev–Trinajstić information content (AvgIpc) is 3.22. The zero-order valence-electron chi connectivity index (χ0n) is 18.2. The van der Waals surface area contributed by atoms with Crippen molar-refractivity contribution in [1.82, 2.24) is 10.2 Å². The van der Waals surface area contributed by atoms with E-state index in [-0.39, 0.29) is 29.3 Å². The van der Waals surface area contributed by atoms with E-state index in [0.717, 1.165) is 36.5 Å². The molecular weight excluding hydrogens is 410 g/mol. The van der Waals surface area contributed by atoms with Crippen molar-refractivity contribution in [2.75, 3.05) is 24.5 Å². The van der Waals surface area contributed by atoms with E-state index in [9.17, 15) is 9.59 Å². The summed E-state index contributed by atoms with van der Waals surface area (Å²) in [6, 6.07) is 17.0. The molecule has 2 aromatic carbocycles. The molecule has 5 nitrogen and oxygen atoms in total. The van der Waals surface area contributed by atoms with Crippen LogP contribution in [-0.2, 0) is 4.79 Å². The highest BCUT2D eigenvalue weighted by atomic mass is 35.5. The number of anilines is 1. The van der Waals surface area contributed by atoms with Gasteiger partial charge in [0.2, 0.25) is 5.91 Å². The summed E-state index contributed by atoms with van der Waals surface area (Å²) in [4.78, 5) is 30.4. The number of amides is 2. The highest BCUT2D eigenvalue weighted by molar-refractivity contribution is 6.30. The molecule has 1 saturated heterocycles. The van der Waals surface area contributed by atoms with Gasteiger partial charge < -0.3 is 15.1 Å². The van der Waals surface area contributed by atoms with E-state index in [2.05, 4.69) is 24.1 Å². The number of carbonyl (C=O) groups excluding carboxylic acids is 2. The van der Waals surface area contributed by atoms with Crippen LogP contribution < -0.4 is 10.2 Å². The Labute approximate surface area is 189 Å². The minimum absolute atomic E-state index is 0.0989. The van der Waals surface area contributed by atoms with Gasteiger partial charge in [0.15, 0.2) is 0 Å². The second-order valence-electron chi connectivity index (χ2n) is 9.18. The molecular formula is C25H30ClN3O2. The van der Waals surface area contributed by atoms with Crippen molar-refractivity contribution in [3.05, 3.63) is 65.2 Å². The van der Waals surface area contributed by atoms with Crippen LogP contribution in [0.25, 0.3) is 0 Å². The maximum absolute atomic E-state index is 13.4. The Hall–Kier alpha value is -2.53. The van der Waals surface area contributed by atoms with Crippen molar-refractivity contribution in [2.24, 2.45) is 5.92 Å². The highest BCUT2D eigenvalue weighted by Crippen LogP contribution is 2.32. The first-order chi connectivity index (χ1) is 14.8. The third-order valence-electron chi connectivity index (χ3n) is 6.54. The summed E-state index contributed by atoms with van der Waals surface area (Å²) in [7, 11) is 0. The summed E-state index contributed by atoms with van der Waals surface area (Å²) < 4.78 is 0. The van der Waals surface area contributed by atoms with Crippen molar-refractivity contribution in [1.29, 1.82) is 0 Å². The first kappa shape index (κ1) is 21.7. The Morgan fingerprint density at radius 2 is 1.71 bits per heavy atom. The fourth-order valence-electron chi connectivity index (χ4n) is 4.95. The van der Waals surface area contributed by atoms with Gasteiger partial charge in [-0.1, -0.05) is 36.2 Å². The quantitative estimate of drug-likeness (QED) is 0.769. The zero-order chi connectivity index (χ0) is 22.0. The van der Waals surface area contributed by atoms with Gasteiger partial charge in [-0.15, -0.1) is 0 Å². The van der Waals surface area contributed by atoms with Gasteiger partial charge in [-0.05, 0) is 63.1 Å². The summed E-state index contributed by atoms with van der Waals surface area (Å²) in [5.74, 6) is -0.0802. The van der Waals surface area contributed by atoms with Crippen LogP contribution >= 0.6 is 11.6 Å². The Morgan fingerprint density at radius 3 is 2.39 bits per heavy atom. The van der Waals surface area contributed by atoms with Crippen molar-refractivity contribution in [2.45, 2.75) is 44.7 Å². The number of rotatable bonds is 4. The average molecular weight is 440 g/mol. The molecule has 31 heavy (non-hydrogen) atoms. The Kier molecular flexibility index (Phi) is 6.24. The van der Waals surface area contributed by atoms with Gasteiger partial charge in [0, 0.05) is 41.9 Å². The maximum atomic E-state index is 13.4. The number of nitrogens with one attached hydrogen (secondary N) is 1. The summed E-state index contributed by atoms with van der Waals surface area (Å²) in [6.07, 6.45) is 2.64. The van der Waals surface area contributed by atoms with E-state index in [1.54, 1.807) is 12.1 Å². The first-order valence-corrected chi connectivity index (χ1v) is 11.4. The fraction of sp³-hybridized carbons (Fsp3) is 0.440. The summed E-state index contributed by atoms with van der Waals surface area (Å²) in [6.45, 7) is 6.45. The van der Waals surface area contributed by atoms with Gasteiger partial charge in [-0.25, -0.2) is 0 Å². The topological polar surface area (TPSA) is 52.7 Å². The molecule has 0 spiro atoms. The lowest BCUT2D eigenvalue weighted by Crippen LogP contribution is -2.62. The number of halogens is 1. The summed E-state index contributed by atoms with van der Waals surface area (Å²) in [5, 5.41) is 3.84. The molecule has 2 aliphatic rings. The van der Waals surface area contributed by atoms with Crippen LogP contribution in [-0.4, -0.2) is 47.9 Å². The molecule has 4 rings (SSSR count). The normalized spacial score (nSPS) is 22.9. The molecule has 6 heteroatoms. The fourth-order valence-corrected chi connectivity index (χ4v) is 5.07. The molecule has 0 unspecified atom stereocenters. The molecule has 2 atom stereocenters. The Bertz CT molecular complexity index is 930. The van der Waals surface area contributed by atoms with E-state index in [0.29, 0.717) is 18.7 Å². The summed E-state index contributed by atoms with van der Waals surface area (Å²) >= 11 is 6.05. The molecule has 1 heterocycles. The van der Waals surface area contributed by atoms with Gasteiger partial charge in [0.1, 0.15) is 0 Å². The van der Waals surface area contributed by atoms with Gasteiger partial charge in [0.25, 0.3) is 5.91 Å². The molecule has 0 radical (unpaired) electrons. The van der Waals surface area contributed by atoms with E-state index in [1.165, 1.54) is 0 Å². The van der Waals surface area contributed by atoms with Gasteiger partial charge >= 0.3 is 0 Å². The standard InChI is InChI=1S/C25H30ClN3O2/c1-25(2)17-28(15-16-29(25)20-13-11-19(26)12-14-20)24(31)21-9-6-10-22(21)27-23(30)18-7-4-3-5-8-18/h3-5,7-8,11-14,21-22H,6,9-10,15-17H2,1-2H3,(H,27,30)/t21-,22+/m0/s1. The highest BCUT2D eigenvalue weighted by Gasteiger charge is 2.41. The Balaban J connectivity index is 1.42. The van der Waals surface area contributed by atoms with Crippen LogP contribution in [0.2, 0.25) is 5.02 Å². The summed E-state index contributed by atoms with van der Waals surface area (Å²) in [5.41, 5.74) is 1.57. The minimum Gasteiger partial charge on any atom is -0.363 e. The molecule has 1 saturated carbocycles. The Morgan fingerprint density at radius 1 is 1.00 bits per heavy atom. The zero-order valence-corrected chi connectivity index (χ0v) is 18.9. The lowest BCUT2D eigenvalue weighted by molar-refractivity contribution is -0.137. The van der Waals surface area contributed by atoms with Crippen LogP contribution in [0.3, 0.4) is 0 Å². The second kappa shape index (κ2) is 8.91. The van der Waals surface area contributed by atoms with E-state index < -0.39 is 0 Å². The van der Waals surface area contributed by atoms with E-state index >= 15 is 0 Å². The van der Waals surface area contributed by atoms with Crippen molar-refractivity contribution >= 4 is 29.1 Å². The molecule has 2 aromatic rings. The van der Waals surface area contributed by atoms with Crippen LogP contribution in [0.1, 0.15) is 43.5 Å². The van der Waals surface area contributed by atoms with E-state index in [1.807, 2.05) is 47.4 Å². The second-order valence-corrected chi connectivity index (χ2v) is 9.62. The SMILES string of the molecule is CC1(C)CN(C(=O)[C@H]2CCC[C@H]2NC(=O)c2ccccc2)CCN1c1ccc(Cl)cc1. The minimum atomic E-state index is -0.191. The predicted molar refractivity (Wildman–Crippen MR) is 124 cm³/mol. The van der Waals surface area contributed by atoms with Gasteiger partial charge in [-0.2, -0.15) is 0 Å². The molecule has 2 amide bonds. The largest absolute Gasteiger partial charge is 0.363 e. The number of piperazine rings is 1. The molecule has 0 aromatic heterocycles. The molecule has 1 aliphatic heterocycles. The lowest BCUT2D eigenvalue weighted by Gasteiger charge is -2.49. The van der Waals surface area contributed by atoms with Crippen molar-refractivity contribution < 1.29 is 9.59 Å². The van der Waals surface area contributed by atoms with Gasteiger partial charge in [-0.3, -0.25) is 9.59 Å². The van der Waals surface area contributed by atoms with Crippen LogP contribution in [0.5, 0.6) is 0 Å². The van der Waals surface area contributed by atoms with Crippen LogP contribution in [0.15, 0.2) is 54.6 Å². The van der Waals surface area contributed by atoms with E-state index in [4.69, 9.17) is 11.6 Å². The maximum Gasteiger partial charge on any atom is 0.251 e. The number of nitrogens with zero attached hydrogens (tertiary/aromatic N) is 2. The number of benzene rings is 2. The predicted octanol–water partition coefficient (Wildman–Crippen LogP) is 4.37. The molecule has 2 fully saturated rings. The number of hydrogen-bond donors (Lipinski definition) is 1. The monoisotopic (exact) mass is 439 g/mol. The molecule has 0 bridgehead atoms.